The predicted molar refractivity (Wildman–Crippen MR) is 116 cm³/mol. The fourth-order valence-electron chi connectivity index (χ4n) is 4.19. The molecule has 3 heterocycles. The van der Waals surface area contributed by atoms with Gasteiger partial charge in [0.05, 0.1) is 43.1 Å². The maximum Gasteiger partial charge on any atom is 0.413 e. The smallest absolute Gasteiger partial charge is 0.379 e. The maximum atomic E-state index is 14.5. The van der Waals surface area contributed by atoms with Crippen LogP contribution in [0.4, 0.5) is 32.2 Å². The fraction of sp³-hybridized carbons (Fsp3) is 0.522. The number of carbonyl (C=O) groups excluding carboxylic acids is 1. The van der Waals surface area contributed by atoms with Gasteiger partial charge in [0.25, 0.3) is 6.43 Å². The van der Waals surface area contributed by atoms with Crippen molar-refractivity contribution in [3.05, 3.63) is 52.2 Å². The highest BCUT2D eigenvalue weighted by atomic mass is 19.4. The summed E-state index contributed by atoms with van der Waals surface area (Å²) in [6.07, 6.45) is -9.78. The molecule has 202 valence electrons. The average molecular weight is 534 g/mol. The number of aryl methyl sites for hydroxylation is 1. The summed E-state index contributed by atoms with van der Waals surface area (Å²) in [5.41, 5.74) is -3.15. The van der Waals surface area contributed by atoms with Gasteiger partial charge in [-0.05, 0) is 6.92 Å². The van der Waals surface area contributed by atoms with Crippen LogP contribution < -0.4 is 10.6 Å². The summed E-state index contributed by atoms with van der Waals surface area (Å²) >= 11 is 0. The molecule has 1 aromatic heterocycles. The Morgan fingerprint density at radius 1 is 1.19 bits per heavy atom. The predicted octanol–water partition coefficient (Wildman–Crippen LogP) is 3.90. The molecular formula is C23H24F6N4O4. The quantitative estimate of drug-likeness (QED) is 0.497. The highest BCUT2D eigenvalue weighted by molar-refractivity contribution is 5.80. The molecule has 37 heavy (non-hydrogen) atoms. The molecule has 0 spiro atoms. The molecule has 14 heteroatoms. The first kappa shape index (κ1) is 27.1. The lowest BCUT2D eigenvalue weighted by atomic mass is 9.97. The number of nitrogens with one attached hydrogen (secondary N) is 2. The molecule has 2 fully saturated rings. The lowest BCUT2D eigenvalue weighted by Crippen LogP contribution is -2.59. The van der Waals surface area contributed by atoms with Gasteiger partial charge in [-0.3, -0.25) is 4.79 Å². The Hall–Kier alpha value is -2.97. The van der Waals surface area contributed by atoms with Crippen LogP contribution in [0.1, 0.15) is 47.3 Å². The van der Waals surface area contributed by atoms with Crippen LogP contribution in [0.2, 0.25) is 0 Å². The van der Waals surface area contributed by atoms with E-state index in [9.17, 15) is 31.1 Å². The van der Waals surface area contributed by atoms with Crippen LogP contribution in [0.15, 0.2) is 18.2 Å². The van der Waals surface area contributed by atoms with Crippen molar-refractivity contribution in [1.82, 2.24) is 15.3 Å². The number of carbonyl (C=O) groups is 1. The van der Waals surface area contributed by atoms with Gasteiger partial charge in [-0.1, -0.05) is 18.2 Å². The van der Waals surface area contributed by atoms with E-state index in [-0.39, 0.29) is 54.8 Å². The van der Waals surface area contributed by atoms with E-state index in [1.807, 2.05) is 5.32 Å². The molecule has 0 aliphatic carbocycles. The third kappa shape index (κ3) is 5.80. The molecule has 1 atom stereocenters. The third-order valence-corrected chi connectivity index (χ3v) is 6.05. The number of anilines is 1. The van der Waals surface area contributed by atoms with Crippen molar-refractivity contribution in [1.29, 1.82) is 0 Å². The van der Waals surface area contributed by atoms with Gasteiger partial charge >= 0.3 is 6.18 Å². The number of benzene rings is 1. The van der Waals surface area contributed by atoms with Crippen molar-refractivity contribution in [2.24, 2.45) is 0 Å². The van der Waals surface area contributed by atoms with Crippen LogP contribution >= 0.6 is 0 Å². The molecule has 2 N–H and O–H groups in total. The Kier molecular flexibility index (Phi) is 7.90. The summed E-state index contributed by atoms with van der Waals surface area (Å²) in [4.78, 5) is 21.3. The first-order valence-electron chi connectivity index (χ1n) is 11.4. The van der Waals surface area contributed by atoms with E-state index < -0.39 is 61.2 Å². The number of rotatable bonds is 8. The van der Waals surface area contributed by atoms with Gasteiger partial charge < -0.3 is 24.8 Å². The van der Waals surface area contributed by atoms with Crippen molar-refractivity contribution >= 4 is 11.7 Å². The molecule has 8 nitrogen and oxygen atoms in total. The second kappa shape index (κ2) is 10.8. The minimum absolute atomic E-state index is 0.0393. The zero-order chi connectivity index (χ0) is 26.8. The number of hydrogen-bond donors (Lipinski definition) is 2. The van der Waals surface area contributed by atoms with E-state index in [1.54, 1.807) is 0 Å². The lowest BCUT2D eigenvalue weighted by molar-refractivity contribution is -0.197. The molecule has 4 rings (SSSR count). The van der Waals surface area contributed by atoms with Crippen molar-refractivity contribution in [3.8, 4) is 0 Å². The van der Waals surface area contributed by atoms with Gasteiger partial charge in [0, 0.05) is 25.1 Å². The Balaban J connectivity index is 1.62. The molecule has 1 aromatic carbocycles. The Morgan fingerprint density at radius 2 is 1.92 bits per heavy atom. The normalized spacial score (nSPS) is 20.5. The van der Waals surface area contributed by atoms with Crippen molar-refractivity contribution < 1.29 is 45.3 Å². The summed E-state index contributed by atoms with van der Waals surface area (Å²) in [6, 6.07) is 3.58. The summed E-state index contributed by atoms with van der Waals surface area (Å²) in [6.45, 7) is 0.767. The number of amides is 1. The second-order valence-corrected chi connectivity index (χ2v) is 8.64. The monoisotopic (exact) mass is 534 g/mol. The van der Waals surface area contributed by atoms with E-state index in [4.69, 9.17) is 14.2 Å². The number of alkyl halides is 5. The van der Waals surface area contributed by atoms with Crippen LogP contribution in [-0.4, -0.2) is 54.0 Å². The Bertz CT molecular complexity index is 1130. The number of aromatic nitrogens is 2. The zero-order valence-electron chi connectivity index (χ0n) is 19.6. The molecular weight excluding hydrogens is 510 g/mol. The van der Waals surface area contributed by atoms with E-state index >= 15 is 0 Å². The van der Waals surface area contributed by atoms with Gasteiger partial charge in [-0.25, -0.2) is 23.1 Å². The first-order valence-corrected chi connectivity index (χ1v) is 11.4. The van der Waals surface area contributed by atoms with Crippen molar-refractivity contribution in [2.45, 2.75) is 50.7 Å². The van der Waals surface area contributed by atoms with Crippen LogP contribution in [0.25, 0.3) is 0 Å². The Labute approximate surface area is 207 Å². The molecule has 1 amide bonds. The summed E-state index contributed by atoms with van der Waals surface area (Å²) in [5.74, 6) is -1.81. The fourth-order valence-corrected chi connectivity index (χ4v) is 4.19. The standard InChI is InChI=1S/C23H24F6N4O4/c1-12-31-15(9-16(34)33-22(23(27,28)29)5-6-35-11-22)17(21-36-7-8-37-21)20(32-12)30-10-13-3-2-4-14(18(13)24)19(25)26/h2-4,19,21H,5-11H2,1H3,(H,33,34)(H,30,31,32)/t22-/m1/s1. The molecule has 0 radical (unpaired) electrons. The van der Waals surface area contributed by atoms with Gasteiger partial charge in [0.2, 0.25) is 5.91 Å². The topological polar surface area (TPSA) is 94.6 Å². The van der Waals surface area contributed by atoms with Gasteiger partial charge in [0.1, 0.15) is 17.5 Å². The average Bonchev–Trinajstić information content (AvgIpc) is 3.50. The zero-order valence-corrected chi connectivity index (χ0v) is 19.6. The Morgan fingerprint density at radius 3 is 2.54 bits per heavy atom. The molecule has 2 aliphatic rings. The number of halogens is 6. The minimum Gasteiger partial charge on any atom is -0.379 e. The van der Waals surface area contributed by atoms with E-state index in [1.165, 1.54) is 19.1 Å². The van der Waals surface area contributed by atoms with E-state index in [2.05, 4.69) is 15.3 Å². The van der Waals surface area contributed by atoms with Gasteiger partial charge in [0.15, 0.2) is 11.8 Å². The SMILES string of the molecule is Cc1nc(CC(=O)N[C@]2(C(F)(F)F)CCOC2)c(C2OCCO2)c(NCc2cccc(C(F)F)c2F)n1. The summed E-state index contributed by atoms with van der Waals surface area (Å²) in [5, 5.41) is 4.89. The molecule has 0 unspecified atom stereocenters. The van der Waals surface area contributed by atoms with Crippen LogP contribution in [0.3, 0.4) is 0 Å². The van der Waals surface area contributed by atoms with Crippen LogP contribution in [-0.2, 0) is 32.0 Å². The number of nitrogens with zero attached hydrogens (tertiary/aromatic N) is 2. The molecule has 2 saturated heterocycles. The first-order chi connectivity index (χ1) is 17.5. The second-order valence-electron chi connectivity index (χ2n) is 8.64. The van der Waals surface area contributed by atoms with Crippen molar-refractivity contribution in [3.63, 3.8) is 0 Å². The minimum atomic E-state index is -4.73. The summed E-state index contributed by atoms with van der Waals surface area (Å²) < 4.78 is 97.7. The molecule has 0 bridgehead atoms. The van der Waals surface area contributed by atoms with E-state index in [0.29, 0.717) is 0 Å². The highest BCUT2D eigenvalue weighted by Gasteiger charge is 2.58. The molecule has 2 aliphatic heterocycles. The van der Waals surface area contributed by atoms with Crippen molar-refractivity contribution in [2.75, 3.05) is 31.7 Å². The summed E-state index contributed by atoms with van der Waals surface area (Å²) in [7, 11) is 0. The highest BCUT2D eigenvalue weighted by Crippen LogP contribution is 2.37. The third-order valence-electron chi connectivity index (χ3n) is 6.05. The van der Waals surface area contributed by atoms with E-state index in [0.717, 1.165) is 6.07 Å². The van der Waals surface area contributed by atoms with Gasteiger partial charge in [-0.15, -0.1) is 0 Å². The van der Waals surface area contributed by atoms with Gasteiger partial charge in [-0.2, -0.15) is 13.2 Å². The van der Waals surface area contributed by atoms with Crippen LogP contribution in [0.5, 0.6) is 0 Å². The van der Waals surface area contributed by atoms with Crippen LogP contribution in [0, 0.1) is 12.7 Å². The number of ether oxygens (including phenoxy) is 3. The molecule has 2 aromatic rings. The maximum absolute atomic E-state index is 14.5. The molecule has 0 saturated carbocycles. The number of hydrogen-bond acceptors (Lipinski definition) is 7. The lowest BCUT2D eigenvalue weighted by Gasteiger charge is -2.31. The largest absolute Gasteiger partial charge is 0.413 e.